The van der Waals surface area contributed by atoms with Gasteiger partial charge in [0.15, 0.2) is 0 Å². The van der Waals surface area contributed by atoms with E-state index in [0.717, 1.165) is 16.9 Å². The highest BCUT2D eigenvalue weighted by Crippen LogP contribution is 2.25. The monoisotopic (exact) mass is 372 g/mol. The molecule has 126 valence electrons. The van der Waals surface area contributed by atoms with Crippen molar-refractivity contribution >= 4 is 38.6 Å². The summed E-state index contributed by atoms with van der Waals surface area (Å²) in [4.78, 5) is 14.9. The number of rotatable bonds is 6. The second-order valence-electron chi connectivity index (χ2n) is 5.26. The van der Waals surface area contributed by atoms with Crippen LogP contribution in [-0.4, -0.2) is 32.7 Å². The molecule has 0 radical (unpaired) electrons. The molecule has 0 aromatic carbocycles. The number of carbonyl (C=O) groups is 1. The van der Waals surface area contributed by atoms with E-state index in [1.807, 2.05) is 13.0 Å². The molecule has 0 saturated carbocycles. The number of nitrogens with zero attached hydrogens (tertiary/aromatic N) is 1. The van der Waals surface area contributed by atoms with Crippen LogP contribution in [0.1, 0.15) is 31.9 Å². The molecule has 5 nitrogen and oxygen atoms in total. The fourth-order valence-electron chi connectivity index (χ4n) is 2.01. The van der Waals surface area contributed by atoms with Gasteiger partial charge in [-0.2, -0.15) is 0 Å². The summed E-state index contributed by atoms with van der Waals surface area (Å²) < 4.78 is 25.5. The molecule has 1 N–H and O–H groups in total. The van der Waals surface area contributed by atoms with Crippen LogP contribution in [0.3, 0.4) is 0 Å². The van der Waals surface area contributed by atoms with E-state index in [9.17, 15) is 13.2 Å². The minimum Gasteiger partial charge on any atom is -0.346 e. The van der Waals surface area contributed by atoms with Crippen LogP contribution >= 0.6 is 22.7 Å². The highest BCUT2D eigenvalue weighted by atomic mass is 32.2. The van der Waals surface area contributed by atoms with Crippen LogP contribution in [-0.2, 0) is 23.0 Å². The van der Waals surface area contributed by atoms with Gasteiger partial charge in [0.05, 0.1) is 11.4 Å². The number of carbonyl (C=O) groups excluding carboxylic acids is 1. The smallest absolute Gasteiger partial charge is 0.261 e. The van der Waals surface area contributed by atoms with Gasteiger partial charge in [0, 0.05) is 23.8 Å². The van der Waals surface area contributed by atoms with E-state index in [2.05, 4.69) is 12.2 Å². The zero-order valence-electron chi connectivity index (χ0n) is 13.5. The average molecular weight is 373 g/mol. The number of thiophene rings is 2. The molecule has 8 heteroatoms. The summed E-state index contributed by atoms with van der Waals surface area (Å²) in [5, 5.41) is 2.85. The Bertz CT molecular complexity index is 804. The van der Waals surface area contributed by atoms with Gasteiger partial charge < -0.3 is 5.32 Å². The Hall–Kier alpha value is -1.22. The van der Waals surface area contributed by atoms with E-state index in [1.165, 1.54) is 46.0 Å². The van der Waals surface area contributed by atoms with Crippen LogP contribution in [0.4, 0.5) is 0 Å². The van der Waals surface area contributed by atoms with E-state index in [1.54, 1.807) is 12.1 Å². The summed E-state index contributed by atoms with van der Waals surface area (Å²) in [6, 6.07) is 5.21. The number of hydrogen-bond acceptors (Lipinski definition) is 5. The lowest BCUT2D eigenvalue weighted by Crippen LogP contribution is -2.21. The lowest BCUT2D eigenvalue weighted by molar-refractivity contribution is 0.0955. The van der Waals surface area contributed by atoms with E-state index in [0.29, 0.717) is 11.4 Å². The average Bonchev–Trinajstić information content (AvgIpc) is 3.11. The van der Waals surface area contributed by atoms with Crippen molar-refractivity contribution in [1.29, 1.82) is 0 Å². The lowest BCUT2D eigenvalue weighted by Gasteiger charge is -2.08. The number of sulfonamides is 1. The molecule has 0 spiro atoms. The summed E-state index contributed by atoms with van der Waals surface area (Å²) >= 11 is 2.68. The lowest BCUT2D eigenvalue weighted by atomic mass is 10.2. The molecule has 0 unspecified atom stereocenters. The molecule has 0 aliphatic rings. The van der Waals surface area contributed by atoms with Crippen molar-refractivity contribution in [3.63, 3.8) is 0 Å². The molecule has 0 aliphatic heterocycles. The second kappa shape index (κ2) is 7.12. The second-order valence-corrected chi connectivity index (χ2v) is 9.94. The fraction of sp³-hybridized carbons (Fsp3) is 0.400. The molecular weight excluding hydrogens is 352 g/mol. The van der Waals surface area contributed by atoms with Gasteiger partial charge in [-0.3, -0.25) is 4.79 Å². The Morgan fingerprint density at radius 2 is 1.96 bits per heavy atom. The third kappa shape index (κ3) is 4.00. The van der Waals surface area contributed by atoms with E-state index in [-0.39, 0.29) is 10.1 Å². The first kappa shape index (κ1) is 18.1. The molecule has 2 heterocycles. The summed E-state index contributed by atoms with van der Waals surface area (Å²) in [5.41, 5.74) is 1.14. The Kier molecular flexibility index (Phi) is 5.61. The summed E-state index contributed by atoms with van der Waals surface area (Å²) in [6.45, 7) is 4.40. The normalized spacial score (nSPS) is 11.9. The van der Waals surface area contributed by atoms with Gasteiger partial charge in [0.2, 0.25) is 0 Å². The first-order valence-electron chi connectivity index (χ1n) is 7.14. The minimum absolute atomic E-state index is 0.122. The van der Waals surface area contributed by atoms with Crippen molar-refractivity contribution in [3.8, 4) is 0 Å². The van der Waals surface area contributed by atoms with Crippen molar-refractivity contribution < 1.29 is 13.2 Å². The number of nitrogens with one attached hydrogen (secondary N) is 1. The molecule has 0 bridgehead atoms. The van der Waals surface area contributed by atoms with Crippen LogP contribution in [0.2, 0.25) is 0 Å². The molecule has 0 fully saturated rings. The highest BCUT2D eigenvalue weighted by Gasteiger charge is 2.19. The van der Waals surface area contributed by atoms with E-state index < -0.39 is 10.0 Å². The molecule has 2 rings (SSSR count). The topological polar surface area (TPSA) is 66.5 Å². The molecule has 0 saturated heterocycles. The highest BCUT2D eigenvalue weighted by molar-refractivity contribution is 7.91. The van der Waals surface area contributed by atoms with Gasteiger partial charge in [-0.1, -0.05) is 6.92 Å². The van der Waals surface area contributed by atoms with Crippen molar-refractivity contribution in [2.45, 2.75) is 31.0 Å². The predicted octanol–water partition coefficient (Wildman–Crippen LogP) is 2.86. The third-order valence-electron chi connectivity index (χ3n) is 3.36. The zero-order valence-corrected chi connectivity index (χ0v) is 16.0. The molecule has 2 aromatic heterocycles. The van der Waals surface area contributed by atoms with Gasteiger partial charge >= 0.3 is 0 Å². The fourth-order valence-corrected chi connectivity index (χ4v) is 5.50. The van der Waals surface area contributed by atoms with Crippen LogP contribution in [0, 0.1) is 6.92 Å². The molecule has 2 aromatic rings. The molecule has 1 amide bonds. The Morgan fingerprint density at radius 1 is 1.26 bits per heavy atom. The zero-order chi connectivity index (χ0) is 17.2. The maximum atomic E-state index is 12.2. The maximum absolute atomic E-state index is 12.2. The van der Waals surface area contributed by atoms with Crippen molar-refractivity contribution in [2.24, 2.45) is 0 Å². The van der Waals surface area contributed by atoms with E-state index in [4.69, 9.17) is 0 Å². The SMILES string of the molecule is CCc1sc(C(=O)NCc2ccc(S(=O)(=O)N(C)C)s2)cc1C. The van der Waals surface area contributed by atoms with Crippen LogP contribution in [0.15, 0.2) is 22.4 Å². The molecule has 0 aliphatic carbocycles. The largest absolute Gasteiger partial charge is 0.346 e. The van der Waals surface area contributed by atoms with Gasteiger partial charge in [0.25, 0.3) is 15.9 Å². The molecule has 23 heavy (non-hydrogen) atoms. The first-order chi connectivity index (χ1) is 10.8. The summed E-state index contributed by atoms with van der Waals surface area (Å²) in [7, 11) is -0.409. The maximum Gasteiger partial charge on any atom is 0.261 e. The minimum atomic E-state index is -3.41. The van der Waals surface area contributed by atoms with Crippen LogP contribution in [0.5, 0.6) is 0 Å². The predicted molar refractivity (Wildman–Crippen MR) is 94.8 cm³/mol. The molecular formula is C15H20N2O3S3. The Labute approximate surface area is 145 Å². The van der Waals surface area contributed by atoms with Crippen LogP contribution in [0.25, 0.3) is 0 Å². The Morgan fingerprint density at radius 3 is 2.52 bits per heavy atom. The van der Waals surface area contributed by atoms with Gasteiger partial charge in [-0.25, -0.2) is 12.7 Å². The first-order valence-corrected chi connectivity index (χ1v) is 10.2. The van der Waals surface area contributed by atoms with Gasteiger partial charge in [0.1, 0.15) is 4.21 Å². The Balaban J connectivity index is 2.04. The summed E-state index contributed by atoms with van der Waals surface area (Å²) in [5.74, 6) is -0.122. The number of amides is 1. The van der Waals surface area contributed by atoms with Crippen molar-refractivity contribution in [3.05, 3.63) is 38.4 Å². The van der Waals surface area contributed by atoms with Crippen molar-refractivity contribution in [2.75, 3.05) is 14.1 Å². The third-order valence-corrected chi connectivity index (χ3v) is 8.11. The van der Waals surface area contributed by atoms with Gasteiger partial charge in [-0.15, -0.1) is 22.7 Å². The van der Waals surface area contributed by atoms with Crippen LogP contribution < -0.4 is 5.32 Å². The standard InChI is InChI=1S/C15H20N2O3S3/c1-5-12-10(2)8-13(22-12)15(18)16-9-11-6-7-14(21-11)23(19,20)17(3)4/h6-8H,5,9H2,1-4H3,(H,16,18). The quantitative estimate of drug-likeness (QED) is 0.848. The molecule has 0 atom stereocenters. The summed E-state index contributed by atoms with van der Waals surface area (Å²) in [6.07, 6.45) is 0.917. The number of aryl methyl sites for hydroxylation is 2. The number of hydrogen-bond donors (Lipinski definition) is 1. The van der Waals surface area contributed by atoms with E-state index >= 15 is 0 Å². The van der Waals surface area contributed by atoms with Gasteiger partial charge in [-0.05, 0) is 37.1 Å². The van der Waals surface area contributed by atoms with Crippen molar-refractivity contribution in [1.82, 2.24) is 9.62 Å².